The molecule has 0 unspecified atom stereocenters. The van der Waals surface area contributed by atoms with E-state index in [0.29, 0.717) is 14.7 Å². The second-order valence-electron chi connectivity index (χ2n) is 5.72. The smallest absolute Gasteiger partial charge is 0.312 e. The second kappa shape index (κ2) is 6.76. The molecule has 0 saturated heterocycles. The van der Waals surface area contributed by atoms with Gasteiger partial charge in [-0.2, -0.15) is 0 Å². The molecule has 1 heterocycles. The fourth-order valence-electron chi connectivity index (χ4n) is 2.79. The van der Waals surface area contributed by atoms with E-state index >= 15 is 0 Å². The third-order valence-electron chi connectivity index (χ3n) is 3.98. The van der Waals surface area contributed by atoms with Crippen molar-refractivity contribution in [1.29, 1.82) is 0 Å². The number of aromatic nitrogens is 2. The summed E-state index contributed by atoms with van der Waals surface area (Å²) in [5.74, 6) is -0.546. The van der Waals surface area contributed by atoms with Crippen molar-refractivity contribution in [2.75, 3.05) is 6.61 Å². The third kappa shape index (κ3) is 3.10. The van der Waals surface area contributed by atoms with Crippen LogP contribution in [0.15, 0.2) is 48.5 Å². The summed E-state index contributed by atoms with van der Waals surface area (Å²) < 4.78 is 6.32. The van der Waals surface area contributed by atoms with Crippen LogP contribution in [0.3, 0.4) is 0 Å². The van der Waals surface area contributed by atoms with Crippen LogP contribution < -0.4 is 4.43 Å². The van der Waals surface area contributed by atoms with Crippen molar-refractivity contribution in [2.24, 2.45) is 0 Å². The minimum atomic E-state index is -0.546. The van der Waals surface area contributed by atoms with Crippen molar-refractivity contribution in [1.82, 2.24) is 4.73 Å². The number of rotatable bonds is 4. The highest BCUT2D eigenvalue weighted by Crippen LogP contribution is 2.24. The Balaban J connectivity index is 2.31. The predicted octanol–water partition coefficient (Wildman–Crippen LogP) is 2.98. The van der Waals surface area contributed by atoms with Gasteiger partial charge in [0.15, 0.2) is 0 Å². The maximum absolute atomic E-state index is 12.9. The van der Waals surface area contributed by atoms with Gasteiger partial charge in [-0.25, -0.2) is 0 Å². The standard InChI is InChI=1S/C19H18N2O4/c1-3-25-18(22)12-17-19(14-10-8-13(2)9-11-14)21(24)16-7-5-4-6-15(16)20(17)23/h4-11H,3,12H2,1-2H3. The lowest BCUT2D eigenvalue weighted by molar-refractivity contribution is -0.452. The first-order chi connectivity index (χ1) is 12.0. The van der Waals surface area contributed by atoms with Crippen molar-refractivity contribution in [3.05, 3.63) is 69.9 Å². The average molecular weight is 338 g/mol. The second-order valence-corrected chi connectivity index (χ2v) is 5.72. The Morgan fingerprint density at radius 3 is 2.52 bits per heavy atom. The van der Waals surface area contributed by atoms with Gasteiger partial charge in [0.05, 0.1) is 23.0 Å². The lowest BCUT2D eigenvalue weighted by Gasteiger charge is -2.18. The van der Waals surface area contributed by atoms with E-state index in [-0.39, 0.29) is 35.4 Å². The molecule has 0 N–H and O–H groups in total. The molecule has 3 rings (SSSR count). The summed E-state index contributed by atoms with van der Waals surface area (Å²) in [6.07, 6.45) is -0.270. The molecule has 6 heteroatoms. The molecular formula is C19H18N2O4. The van der Waals surface area contributed by atoms with Crippen LogP contribution in [0.2, 0.25) is 0 Å². The normalized spacial score (nSPS) is 10.8. The minimum absolute atomic E-state index is 0.0796. The quantitative estimate of drug-likeness (QED) is 0.541. The van der Waals surface area contributed by atoms with Crippen LogP contribution in [0.5, 0.6) is 0 Å². The molecule has 128 valence electrons. The van der Waals surface area contributed by atoms with Crippen LogP contribution in [0, 0.1) is 17.0 Å². The molecule has 3 aromatic rings. The number of carbonyl (C=O) groups excluding carboxylic acids is 1. The number of para-hydroxylation sites is 2. The van der Waals surface area contributed by atoms with Crippen molar-refractivity contribution in [2.45, 2.75) is 20.3 Å². The first-order valence-corrected chi connectivity index (χ1v) is 8.02. The van der Waals surface area contributed by atoms with E-state index in [4.69, 9.17) is 4.74 Å². The van der Waals surface area contributed by atoms with E-state index in [1.807, 2.05) is 19.1 Å². The lowest BCUT2D eigenvalue weighted by Crippen LogP contribution is -2.26. The Kier molecular flexibility index (Phi) is 4.52. The lowest BCUT2D eigenvalue weighted by atomic mass is 10.1. The molecule has 0 radical (unpaired) electrons. The first kappa shape index (κ1) is 16.7. The van der Waals surface area contributed by atoms with Crippen LogP contribution in [0.25, 0.3) is 22.3 Å². The number of hydrogen-bond donors (Lipinski definition) is 0. The molecule has 25 heavy (non-hydrogen) atoms. The number of esters is 1. The van der Waals surface area contributed by atoms with Crippen molar-refractivity contribution in [3.8, 4) is 11.3 Å². The number of benzene rings is 2. The Bertz CT molecular complexity index is 991. The van der Waals surface area contributed by atoms with E-state index in [1.54, 1.807) is 43.3 Å². The largest absolute Gasteiger partial charge is 0.805 e. The van der Waals surface area contributed by atoms with Crippen LogP contribution in [0.1, 0.15) is 18.2 Å². The van der Waals surface area contributed by atoms with Crippen LogP contribution in [0.4, 0.5) is 0 Å². The van der Waals surface area contributed by atoms with Gasteiger partial charge in [-0.05, 0) is 32.0 Å². The van der Waals surface area contributed by atoms with E-state index in [2.05, 4.69) is 0 Å². The number of hydrogen-bond acceptors (Lipinski definition) is 4. The van der Waals surface area contributed by atoms with E-state index in [9.17, 15) is 14.9 Å². The van der Waals surface area contributed by atoms with Gasteiger partial charge in [0, 0.05) is 11.0 Å². The number of fused-ring (bicyclic) bond motifs is 1. The van der Waals surface area contributed by atoms with E-state index < -0.39 is 5.97 Å². The zero-order chi connectivity index (χ0) is 18.0. The molecule has 1 aromatic heterocycles. The zero-order valence-electron chi connectivity index (χ0n) is 14.1. The average Bonchev–Trinajstić information content (AvgIpc) is 2.61. The summed E-state index contributed by atoms with van der Waals surface area (Å²) in [4.78, 5) is 24.9. The summed E-state index contributed by atoms with van der Waals surface area (Å²) in [5.41, 5.74) is 2.32. The summed E-state index contributed by atoms with van der Waals surface area (Å²) in [5, 5.41) is 12.8. The maximum atomic E-state index is 12.9. The molecule has 0 amide bonds. The van der Waals surface area contributed by atoms with E-state index in [1.165, 1.54) is 0 Å². The van der Waals surface area contributed by atoms with Crippen LogP contribution in [-0.2, 0) is 16.0 Å². The third-order valence-corrected chi connectivity index (χ3v) is 3.98. The highest BCUT2D eigenvalue weighted by atomic mass is 16.5. The minimum Gasteiger partial charge on any atom is -0.805 e. The molecule has 0 aliphatic heterocycles. The molecule has 0 saturated carbocycles. The molecule has 0 aliphatic carbocycles. The van der Waals surface area contributed by atoms with Gasteiger partial charge in [0.1, 0.15) is 11.2 Å². The highest BCUT2D eigenvalue weighted by molar-refractivity contribution is 5.79. The Morgan fingerprint density at radius 2 is 1.84 bits per heavy atom. The number of carbonyl (C=O) groups is 1. The van der Waals surface area contributed by atoms with Gasteiger partial charge in [-0.3, -0.25) is 4.79 Å². The van der Waals surface area contributed by atoms with Crippen LogP contribution >= 0.6 is 0 Å². The van der Waals surface area contributed by atoms with Crippen LogP contribution in [-0.4, -0.2) is 17.3 Å². The molecule has 0 spiro atoms. The highest BCUT2D eigenvalue weighted by Gasteiger charge is 2.25. The fraction of sp³-hybridized carbons (Fsp3) is 0.211. The molecule has 6 nitrogen and oxygen atoms in total. The van der Waals surface area contributed by atoms with Gasteiger partial charge in [-0.1, -0.05) is 29.8 Å². The number of ether oxygens (including phenoxy) is 1. The molecule has 0 bridgehead atoms. The molecule has 0 aliphatic rings. The van der Waals surface area contributed by atoms with Crippen molar-refractivity contribution < 1.29 is 14.0 Å². The maximum Gasteiger partial charge on any atom is 0.312 e. The van der Waals surface area contributed by atoms with Gasteiger partial charge in [-0.15, -0.1) is 0 Å². The fourth-order valence-corrected chi connectivity index (χ4v) is 2.79. The predicted molar refractivity (Wildman–Crippen MR) is 94.6 cm³/mol. The van der Waals surface area contributed by atoms with E-state index in [0.717, 1.165) is 5.56 Å². The summed E-state index contributed by atoms with van der Waals surface area (Å²) >= 11 is 0. The Labute approximate surface area is 144 Å². The van der Waals surface area contributed by atoms with Crippen molar-refractivity contribution in [3.63, 3.8) is 0 Å². The van der Waals surface area contributed by atoms with Gasteiger partial charge < -0.3 is 14.7 Å². The topological polar surface area (TPSA) is 77.3 Å². The number of nitrogens with zero attached hydrogens (tertiary/aromatic N) is 2. The van der Waals surface area contributed by atoms with Gasteiger partial charge in [0.25, 0.3) is 11.2 Å². The Hall–Kier alpha value is -3.15. The molecule has 2 aromatic carbocycles. The monoisotopic (exact) mass is 338 g/mol. The zero-order valence-corrected chi connectivity index (χ0v) is 14.1. The summed E-state index contributed by atoms with van der Waals surface area (Å²) in [6.45, 7) is 3.84. The first-order valence-electron chi connectivity index (χ1n) is 8.02. The molecule has 0 atom stereocenters. The Morgan fingerprint density at radius 1 is 1.16 bits per heavy atom. The van der Waals surface area contributed by atoms with Crippen molar-refractivity contribution >= 4 is 17.0 Å². The SMILES string of the molecule is CCOC(=O)Cc1c(-c2ccc(C)cc2)[n+](=O)c2ccccc2n1[O-]. The molecule has 0 fully saturated rings. The van der Waals surface area contributed by atoms with Gasteiger partial charge in [0.2, 0.25) is 0 Å². The summed E-state index contributed by atoms with van der Waals surface area (Å²) in [6, 6.07) is 13.8. The molecular weight excluding hydrogens is 320 g/mol. The summed E-state index contributed by atoms with van der Waals surface area (Å²) in [7, 11) is 0. The number of aryl methyl sites for hydroxylation is 1. The van der Waals surface area contributed by atoms with Gasteiger partial charge >= 0.3 is 5.97 Å².